The third kappa shape index (κ3) is 4.22. The fraction of sp³-hybridized carbons (Fsp3) is 0.391. The van der Waals surface area contributed by atoms with Gasteiger partial charge in [0.05, 0.1) is 6.42 Å². The Hall–Kier alpha value is -2.33. The number of aryl methyl sites for hydroxylation is 1. The number of nitrogens with zero attached hydrogens (tertiary/aromatic N) is 2. The molecule has 1 aliphatic heterocycles. The van der Waals surface area contributed by atoms with Crippen LogP contribution in [0.3, 0.4) is 0 Å². The van der Waals surface area contributed by atoms with Gasteiger partial charge < -0.3 is 9.80 Å². The quantitative estimate of drug-likeness (QED) is 0.791. The summed E-state index contributed by atoms with van der Waals surface area (Å²) in [6.07, 6.45) is 3.09. The van der Waals surface area contributed by atoms with E-state index in [-0.39, 0.29) is 11.8 Å². The third-order valence-electron chi connectivity index (χ3n) is 5.93. The normalized spacial score (nSPS) is 18.8. The van der Waals surface area contributed by atoms with E-state index in [1.807, 2.05) is 34.1 Å². The van der Waals surface area contributed by atoms with Gasteiger partial charge in [-0.2, -0.15) is 0 Å². The van der Waals surface area contributed by atoms with Gasteiger partial charge in [-0.15, -0.1) is 0 Å². The van der Waals surface area contributed by atoms with Crippen molar-refractivity contribution >= 4 is 23.4 Å². The number of rotatable bonds is 4. The van der Waals surface area contributed by atoms with Crippen molar-refractivity contribution in [2.45, 2.75) is 31.6 Å². The maximum Gasteiger partial charge on any atom is 0.227 e. The largest absolute Gasteiger partial charge is 0.339 e. The Morgan fingerprint density at radius 3 is 2.25 bits per heavy atom. The third-order valence-corrected chi connectivity index (χ3v) is 6.18. The Labute approximate surface area is 171 Å². The standard InChI is InChI=1S/C23H25ClN2O2/c24-20-9-5-17(6-10-20)15-22(27)25-11-13-26(14-12-25)23(28)16-19-8-7-18-3-1-2-4-21(18)19/h1-6,9-10,19H,7-8,11-16H2. The predicted octanol–water partition coefficient (Wildman–Crippen LogP) is 3.67. The fourth-order valence-corrected chi connectivity index (χ4v) is 4.42. The van der Waals surface area contributed by atoms with Gasteiger partial charge in [-0.3, -0.25) is 9.59 Å². The number of carbonyl (C=O) groups is 2. The summed E-state index contributed by atoms with van der Waals surface area (Å²) in [5, 5.41) is 0.674. The van der Waals surface area contributed by atoms with Crippen molar-refractivity contribution in [3.8, 4) is 0 Å². The molecule has 2 aromatic carbocycles. The molecule has 0 N–H and O–H groups in total. The van der Waals surface area contributed by atoms with Crippen molar-refractivity contribution in [3.63, 3.8) is 0 Å². The van der Waals surface area contributed by atoms with Gasteiger partial charge in [0.25, 0.3) is 0 Å². The second-order valence-electron chi connectivity index (χ2n) is 7.70. The van der Waals surface area contributed by atoms with Crippen LogP contribution in [0.15, 0.2) is 48.5 Å². The van der Waals surface area contributed by atoms with Crippen LogP contribution < -0.4 is 0 Å². The summed E-state index contributed by atoms with van der Waals surface area (Å²) >= 11 is 5.90. The van der Waals surface area contributed by atoms with E-state index in [0.29, 0.717) is 50.0 Å². The summed E-state index contributed by atoms with van der Waals surface area (Å²) < 4.78 is 0. The minimum Gasteiger partial charge on any atom is -0.339 e. The Morgan fingerprint density at radius 2 is 1.54 bits per heavy atom. The highest BCUT2D eigenvalue weighted by atomic mass is 35.5. The monoisotopic (exact) mass is 396 g/mol. The summed E-state index contributed by atoms with van der Waals surface area (Å²) in [6.45, 7) is 2.47. The molecule has 2 aliphatic rings. The molecule has 28 heavy (non-hydrogen) atoms. The molecule has 1 fully saturated rings. The van der Waals surface area contributed by atoms with Crippen molar-refractivity contribution in [1.82, 2.24) is 9.80 Å². The highest BCUT2D eigenvalue weighted by Crippen LogP contribution is 2.35. The fourth-order valence-electron chi connectivity index (χ4n) is 4.29. The molecule has 1 heterocycles. The molecule has 2 amide bonds. The maximum absolute atomic E-state index is 12.8. The lowest BCUT2D eigenvalue weighted by Gasteiger charge is -2.35. The molecular formula is C23H25ClN2O2. The first kappa shape index (κ1) is 19.0. The van der Waals surface area contributed by atoms with Crippen LogP contribution in [-0.4, -0.2) is 47.8 Å². The van der Waals surface area contributed by atoms with E-state index < -0.39 is 0 Å². The van der Waals surface area contributed by atoms with Crippen LogP contribution in [0.25, 0.3) is 0 Å². The van der Waals surface area contributed by atoms with E-state index in [2.05, 4.69) is 24.3 Å². The molecule has 1 atom stereocenters. The number of amides is 2. The number of piperazine rings is 1. The SMILES string of the molecule is O=C(Cc1ccc(Cl)cc1)N1CCN(C(=O)CC2CCc3ccccc32)CC1. The second-order valence-corrected chi connectivity index (χ2v) is 8.14. The van der Waals surface area contributed by atoms with E-state index in [0.717, 1.165) is 18.4 Å². The molecule has 5 heteroatoms. The molecular weight excluding hydrogens is 372 g/mol. The molecule has 0 bridgehead atoms. The summed E-state index contributed by atoms with van der Waals surface area (Å²) in [4.78, 5) is 29.1. The lowest BCUT2D eigenvalue weighted by molar-refractivity contribution is -0.139. The van der Waals surface area contributed by atoms with Crippen molar-refractivity contribution < 1.29 is 9.59 Å². The lowest BCUT2D eigenvalue weighted by Crippen LogP contribution is -2.51. The molecule has 0 spiro atoms. The minimum atomic E-state index is 0.110. The Bertz CT molecular complexity index is 857. The molecule has 0 aromatic heterocycles. The topological polar surface area (TPSA) is 40.6 Å². The van der Waals surface area contributed by atoms with Crippen molar-refractivity contribution in [1.29, 1.82) is 0 Å². The molecule has 1 saturated heterocycles. The number of halogens is 1. The van der Waals surface area contributed by atoms with Gasteiger partial charge in [-0.25, -0.2) is 0 Å². The van der Waals surface area contributed by atoms with Crippen molar-refractivity contribution in [3.05, 3.63) is 70.2 Å². The van der Waals surface area contributed by atoms with Gasteiger partial charge in [0, 0.05) is 37.6 Å². The van der Waals surface area contributed by atoms with Gasteiger partial charge in [0.1, 0.15) is 0 Å². The van der Waals surface area contributed by atoms with E-state index in [1.54, 1.807) is 0 Å². The highest BCUT2D eigenvalue weighted by Gasteiger charge is 2.29. The Morgan fingerprint density at radius 1 is 0.893 bits per heavy atom. The highest BCUT2D eigenvalue weighted by molar-refractivity contribution is 6.30. The van der Waals surface area contributed by atoms with E-state index in [9.17, 15) is 9.59 Å². The zero-order valence-corrected chi connectivity index (χ0v) is 16.7. The predicted molar refractivity (Wildman–Crippen MR) is 110 cm³/mol. The van der Waals surface area contributed by atoms with Gasteiger partial charge >= 0.3 is 0 Å². The smallest absolute Gasteiger partial charge is 0.227 e. The van der Waals surface area contributed by atoms with Crippen molar-refractivity contribution in [2.24, 2.45) is 0 Å². The van der Waals surface area contributed by atoms with Gasteiger partial charge in [-0.05, 0) is 47.6 Å². The van der Waals surface area contributed by atoms with Gasteiger partial charge in [0.2, 0.25) is 11.8 Å². The first-order valence-corrected chi connectivity index (χ1v) is 10.4. The van der Waals surface area contributed by atoms with Gasteiger partial charge in [-0.1, -0.05) is 48.0 Å². The number of hydrogen-bond acceptors (Lipinski definition) is 2. The molecule has 0 saturated carbocycles. The molecule has 146 valence electrons. The van der Waals surface area contributed by atoms with Crippen LogP contribution in [0.2, 0.25) is 5.02 Å². The molecule has 4 rings (SSSR count). The summed E-state index contributed by atoms with van der Waals surface area (Å²) in [5.74, 6) is 0.666. The van der Waals surface area contributed by atoms with Crippen LogP contribution in [0, 0.1) is 0 Å². The minimum absolute atomic E-state index is 0.110. The maximum atomic E-state index is 12.8. The summed E-state index contributed by atoms with van der Waals surface area (Å²) in [7, 11) is 0. The molecule has 1 unspecified atom stereocenters. The second kappa shape index (κ2) is 8.36. The van der Waals surface area contributed by atoms with Crippen LogP contribution in [0.4, 0.5) is 0 Å². The number of fused-ring (bicyclic) bond motifs is 1. The number of hydrogen-bond donors (Lipinski definition) is 0. The Kier molecular flexibility index (Phi) is 5.67. The average Bonchev–Trinajstić information content (AvgIpc) is 3.13. The Balaban J connectivity index is 1.27. The van der Waals surface area contributed by atoms with E-state index in [1.165, 1.54) is 11.1 Å². The summed E-state index contributed by atoms with van der Waals surface area (Å²) in [6, 6.07) is 15.9. The van der Waals surface area contributed by atoms with Crippen molar-refractivity contribution in [2.75, 3.05) is 26.2 Å². The van der Waals surface area contributed by atoms with Crippen LogP contribution in [0.5, 0.6) is 0 Å². The molecule has 1 aliphatic carbocycles. The summed E-state index contributed by atoms with van der Waals surface area (Å²) in [5.41, 5.74) is 3.69. The molecule has 4 nitrogen and oxygen atoms in total. The van der Waals surface area contributed by atoms with Crippen LogP contribution in [0.1, 0.15) is 35.4 Å². The number of benzene rings is 2. The van der Waals surface area contributed by atoms with Crippen LogP contribution in [-0.2, 0) is 22.4 Å². The van der Waals surface area contributed by atoms with E-state index >= 15 is 0 Å². The number of carbonyl (C=O) groups excluding carboxylic acids is 2. The van der Waals surface area contributed by atoms with E-state index in [4.69, 9.17) is 11.6 Å². The zero-order valence-electron chi connectivity index (χ0n) is 15.9. The molecule has 2 aromatic rings. The zero-order chi connectivity index (χ0) is 19.5. The van der Waals surface area contributed by atoms with Gasteiger partial charge in [0.15, 0.2) is 0 Å². The molecule has 0 radical (unpaired) electrons. The lowest BCUT2D eigenvalue weighted by atomic mass is 9.97. The first-order chi connectivity index (χ1) is 13.6. The first-order valence-electron chi connectivity index (χ1n) is 9.98. The average molecular weight is 397 g/mol. The van der Waals surface area contributed by atoms with Crippen LogP contribution >= 0.6 is 11.6 Å².